The highest BCUT2D eigenvalue weighted by molar-refractivity contribution is 8.03. The van der Waals surface area contributed by atoms with Crippen LogP contribution in [0.25, 0.3) is 0 Å². The van der Waals surface area contributed by atoms with Gasteiger partial charge < -0.3 is 0 Å². The van der Waals surface area contributed by atoms with Gasteiger partial charge in [0.1, 0.15) is 10.4 Å². The third-order valence-electron chi connectivity index (χ3n) is 1.36. The normalized spacial score (nSPS) is 9.09. The molecule has 0 aliphatic carbocycles. The minimum atomic E-state index is 0.784. The van der Waals surface area contributed by atoms with E-state index in [1.165, 1.54) is 5.56 Å². The maximum atomic E-state index is 8.36. The summed E-state index contributed by atoms with van der Waals surface area (Å²) in [4.78, 5) is 4.02. The third kappa shape index (κ3) is 2.24. The number of thiocyanates is 1. The number of pyridine rings is 1. The quantitative estimate of drug-likeness (QED) is 0.496. The van der Waals surface area contributed by atoms with Gasteiger partial charge in [0.15, 0.2) is 0 Å². The highest BCUT2D eigenvalue weighted by atomic mass is 32.2. The predicted octanol–water partition coefficient (Wildman–Crippen LogP) is 2.22. The zero-order valence-electron chi connectivity index (χ0n) is 6.24. The van der Waals surface area contributed by atoms with Crippen LogP contribution in [0.15, 0.2) is 23.4 Å². The van der Waals surface area contributed by atoms with Crippen molar-refractivity contribution in [1.29, 1.82) is 5.26 Å². The van der Waals surface area contributed by atoms with Gasteiger partial charge in [-0.1, -0.05) is 6.92 Å². The summed E-state index contributed by atoms with van der Waals surface area (Å²) >= 11 is 1.10. The largest absolute Gasteiger partial charge is 0.249 e. The van der Waals surface area contributed by atoms with Crippen LogP contribution < -0.4 is 0 Å². The van der Waals surface area contributed by atoms with Gasteiger partial charge in [-0.2, -0.15) is 5.26 Å². The average Bonchev–Trinajstić information content (AvgIpc) is 2.06. The number of nitriles is 1. The van der Waals surface area contributed by atoms with Gasteiger partial charge in [0.05, 0.1) is 0 Å². The zero-order chi connectivity index (χ0) is 8.10. The monoisotopic (exact) mass is 164 g/mol. The Kier molecular flexibility index (Phi) is 2.94. The molecule has 0 radical (unpaired) electrons. The average molecular weight is 164 g/mol. The molecule has 2 nitrogen and oxygen atoms in total. The van der Waals surface area contributed by atoms with Crippen molar-refractivity contribution in [3.05, 3.63) is 23.9 Å². The van der Waals surface area contributed by atoms with Gasteiger partial charge in [-0.25, -0.2) is 4.98 Å². The molecule has 0 N–H and O–H groups in total. The van der Waals surface area contributed by atoms with Crippen molar-refractivity contribution >= 4 is 11.8 Å². The molecule has 3 heteroatoms. The van der Waals surface area contributed by atoms with E-state index >= 15 is 0 Å². The smallest absolute Gasteiger partial charge is 0.140 e. The van der Waals surface area contributed by atoms with Crippen molar-refractivity contribution in [2.45, 2.75) is 18.4 Å². The van der Waals surface area contributed by atoms with Crippen molar-refractivity contribution in [3.8, 4) is 5.40 Å². The lowest BCUT2D eigenvalue weighted by molar-refractivity contribution is 1.05. The highest BCUT2D eigenvalue weighted by Crippen LogP contribution is 2.14. The van der Waals surface area contributed by atoms with E-state index in [4.69, 9.17) is 5.26 Å². The van der Waals surface area contributed by atoms with Gasteiger partial charge in [0, 0.05) is 18.0 Å². The summed E-state index contributed by atoms with van der Waals surface area (Å²) in [6.45, 7) is 2.08. The van der Waals surface area contributed by atoms with Crippen LogP contribution in [-0.4, -0.2) is 4.98 Å². The van der Waals surface area contributed by atoms with Crippen molar-refractivity contribution in [3.63, 3.8) is 0 Å². The van der Waals surface area contributed by atoms with E-state index in [2.05, 4.69) is 11.9 Å². The Balaban J connectivity index is 2.84. The molecule has 0 atom stereocenters. The molecule has 0 saturated heterocycles. The molecular weight excluding hydrogens is 156 g/mol. The van der Waals surface area contributed by atoms with E-state index in [-0.39, 0.29) is 0 Å². The lowest BCUT2D eigenvalue weighted by Crippen LogP contribution is -1.82. The van der Waals surface area contributed by atoms with Crippen LogP contribution in [0, 0.1) is 10.7 Å². The summed E-state index contributed by atoms with van der Waals surface area (Å²) < 4.78 is 0. The Morgan fingerprint density at radius 2 is 2.55 bits per heavy atom. The summed E-state index contributed by atoms with van der Waals surface area (Å²) in [5, 5.41) is 11.1. The Hall–Kier alpha value is -1.01. The Labute approximate surface area is 70.3 Å². The van der Waals surface area contributed by atoms with Crippen molar-refractivity contribution in [2.75, 3.05) is 0 Å². The van der Waals surface area contributed by atoms with Gasteiger partial charge in [-0.05, 0) is 24.1 Å². The molecule has 0 amide bonds. The summed E-state index contributed by atoms with van der Waals surface area (Å²) in [6.07, 6.45) is 2.72. The number of rotatable bonds is 2. The van der Waals surface area contributed by atoms with Crippen LogP contribution in [0.5, 0.6) is 0 Å². The van der Waals surface area contributed by atoms with E-state index in [1.54, 1.807) is 6.20 Å². The van der Waals surface area contributed by atoms with Crippen molar-refractivity contribution in [1.82, 2.24) is 4.98 Å². The van der Waals surface area contributed by atoms with E-state index < -0.39 is 0 Å². The van der Waals surface area contributed by atoms with Crippen LogP contribution in [0.4, 0.5) is 0 Å². The number of hydrogen-bond donors (Lipinski definition) is 0. The van der Waals surface area contributed by atoms with Crippen LogP contribution in [0.2, 0.25) is 0 Å². The van der Waals surface area contributed by atoms with E-state index in [0.717, 1.165) is 23.2 Å². The zero-order valence-corrected chi connectivity index (χ0v) is 7.06. The first-order chi connectivity index (χ1) is 5.36. The molecule has 1 rings (SSSR count). The molecule has 0 aromatic carbocycles. The van der Waals surface area contributed by atoms with Crippen LogP contribution >= 0.6 is 11.8 Å². The van der Waals surface area contributed by atoms with E-state index in [0.29, 0.717) is 0 Å². The Bertz CT molecular complexity index is 278. The number of aryl methyl sites for hydroxylation is 1. The first-order valence-corrected chi connectivity index (χ1v) is 4.19. The molecule has 0 spiro atoms. The Morgan fingerprint density at radius 3 is 3.18 bits per heavy atom. The molecular formula is C8H8N2S. The second-order valence-corrected chi connectivity index (χ2v) is 2.85. The van der Waals surface area contributed by atoms with Gasteiger partial charge in [0.25, 0.3) is 0 Å². The standard InChI is InChI=1S/C8H8N2S/c1-2-7-3-4-10-8(5-7)11-6-9/h3-5H,2H2,1H3. The number of thioether (sulfide) groups is 1. The Morgan fingerprint density at radius 1 is 1.73 bits per heavy atom. The summed E-state index contributed by atoms with van der Waals surface area (Å²) in [5.74, 6) is 0. The SMILES string of the molecule is CCc1ccnc(SC#N)c1. The van der Waals surface area contributed by atoms with E-state index in [1.807, 2.05) is 17.5 Å². The fourth-order valence-corrected chi connectivity index (χ4v) is 1.19. The topological polar surface area (TPSA) is 36.7 Å². The highest BCUT2D eigenvalue weighted by Gasteiger charge is 1.94. The molecule has 0 bridgehead atoms. The van der Waals surface area contributed by atoms with Gasteiger partial charge in [-0.15, -0.1) is 0 Å². The van der Waals surface area contributed by atoms with Gasteiger partial charge >= 0.3 is 0 Å². The van der Waals surface area contributed by atoms with E-state index in [9.17, 15) is 0 Å². The first kappa shape index (κ1) is 8.09. The fraction of sp³-hybridized carbons (Fsp3) is 0.250. The maximum Gasteiger partial charge on any atom is 0.140 e. The molecule has 0 aliphatic heterocycles. The number of nitrogens with zero attached hydrogens (tertiary/aromatic N) is 2. The first-order valence-electron chi connectivity index (χ1n) is 3.37. The van der Waals surface area contributed by atoms with Gasteiger partial charge in [-0.3, -0.25) is 0 Å². The maximum absolute atomic E-state index is 8.36. The molecule has 1 heterocycles. The number of hydrogen-bond acceptors (Lipinski definition) is 3. The molecule has 0 saturated carbocycles. The fourth-order valence-electron chi connectivity index (χ4n) is 0.773. The lowest BCUT2D eigenvalue weighted by Gasteiger charge is -1.95. The minimum Gasteiger partial charge on any atom is -0.249 e. The lowest BCUT2D eigenvalue weighted by atomic mass is 10.2. The van der Waals surface area contributed by atoms with Crippen LogP contribution in [-0.2, 0) is 6.42 Å². The van der Waals surface area contributed by atoms with Crippen molar-refractivity contribution < 1.29 is 0 Å². The van der Waals surface area contributed by atoms with Gasteiger partial charge in [0.2, 0.25) is 0 Å². The molecule has 1 aromatic heterocycles. The molecule has 11 heavy (non-hydrogen) atoms. The molecule has 56 valence electrons. The second-order valence-electron chi connectivity index (χ2n) is 2.05. The van der Waals surface area contributed by atoms with Crippen molar-refractivity contribution in [2.24, 2.45) is 0 Å². The molecule has 0 fully saturated rings. The third-order valence-corrected chi connectivity index (χ3v) is 1.88. The predicted molar refractivity (Wildman–Crippen MR) is 45.1 cm³/mol. The summed E-state index contributed by atoms with van der Waals surface area (Å²) in [5.41, 5.74) is 1.22. The second kappa shape index (κ2) is 3.99. The van der Waals surface area contributed by atoms with Crippen LogP contribution in [0.3, 0.4) is 0 Å². The minimum absolute atomic E-state index is 0.784. The molecule has 0 unspecified atom stereocenters. The summed E-state index contributed by atoms with van der Waals surface area (Å²) in [7, 11) is 0. The number of aromatic nitrogens is 1. The molecule has 0 aliphatic rings. The van der Waals surface area contributed by atoms with Crippen LogP contribution in [0.1, 0.15) is 12.5 Å². The summed E-state index contributed by atoms with van der Waals surface area (Å²) in [6, 6.07) is 3.90. The molecule has 1 aromatic rings.